The highest BCUT2D eigenvalue weighted by atomic mass is 16.6. The van der Waals surface area contributed by atoms with E-state index in [1.807, 2.05) is 0 Å². The van der Waals surface area contributed by atoms with Crippen molar-refractivity contribution in [1.29, 1.82) is 0 Å². The molecule has 0 saturated carbocycles. The average molecular weight is 216 g/mol. The van der Waals surface area contributed by atoms with Gasteiger partial charge in [-0.2, -0.15) is 0 Å². The molecule has 1 aromatic heterocycles. The molecule has 1 heterocycles. The molecule has 0 radical (unpaired) electrons. The second kappa shape index (κ2) is 5.82. The van der Waals surface area contributed by atoms with Crippen LogP contribution in [0.2, 0.25) is 0 Å². The Morgan fingerprint density at radius 1 is 1.33 bits per heavy atom. The van der Waals surface area contributed by atoms with Gasteiger partial charge in [0.15, 0.2) is 12.6 Å². The van der Waals surface area contributed by atoms with E-state index < -0.39 is 12.6 Å². The van der Waals surface area contributed by atoms with Gasteiger partial charge in [0.2, 0.25) is 0 Å². The zero-order valence-corrected chi connectivity index (χ0v) is 8.83. The maximum absolute atomic E-state index is 9.28. The first-order valence-corrected chi connectivity index (χ1v) is 4.59. The summed E-state index contributed by atoms with van der Waals surface area (Å²) in [6.07, 6.45) is 1.82. The Morgan fingerprint density at radius 2 is 2.00 bits per heavy atom. The molecule has 6 nitrogen and oxygen atoms in total. The minimum atomic E-state index is -0.883. The Balaban J connectivity index is 2.60. The largest absolute Gasteiger partial charge is 0.368 e. The molecule has 0 aliphatic carbocycles. The van der Waals surface area contributed by atoms with Crippen molar-refractivity contribution in [1.82, 2.24) is 9.55 Å². The number of methoxy groups -OCH3 is 2. The quantitative estimate of drug-likeness (QED) is 0.618. The fourth-order valence-corrected chi connectivity index (χ4v) is 1.18. The minimum Gasteiger partial charge on any atom is -0.368 e. The molecule has 86 valence electrons. The van der Waals surface area contributed by atoms with Gasteiger partial charge in [-0.3, -0.25) is 0 Å². The minimum absolute atomic E-state index is 0.278. The summed E-state index contributed by atoms with van der Waals surface area (Å²) in [5.41, 5.74) is 0. The van der Waals surface area contributed by atoms with Crippen LogP contribution in [-0.2, 0) is 22.4 Å². The molecular weight excluding hydrogens is 200 g/mol. The first kappa shape index (κ1) is 12.1. The summed E-state index contributed by atoms with van der Waals surface area (Å²) in [6.45, 7) is 0.280. The predicted molar refractivity (Wildman–Crippen MR) is 52.0 cm³/mol. The lowest BCUT2D eigenvalue weighted by atomic mass is 10.4. The third-order valence-electron chi connectivity index (χ3n) is 2.06. The molecular formula is C9H16N2O4. The van der Waals surface area contributed by atoms with Crippen LogP contribution in [0, 0.1) is 0 Å². The number of hydrogen-bond donors (Lipinski definition) is 2. The molecule has 6 heteroatoms. The fourth-order valence-electron chi connectivity index (χ4n) is 1.18. The first-order valence-electron chi connectivity index (χ1n) is 4.59. The van der Waals surface area contributed by atoms with Crippen LogP contribution in [0.25, 0.3) is 0 Å². The van der Waals surface area contributed by atoms with E-state index >= 15 is 0 Å². The molecule has 15 heavy (non-hydrogen) atoms. The molecule has 0 amide bonds. The van der Waals surface area contributed by atoms with E-state index in [-0.39, 0.29) is 13.0 Å². The number of aliphatic hydroxyl groups is 2. The lowest BCUT2D eigenvalue weighted by molar-refractivity contribution is -0.0873. The van der Waals surface area contributed by atoms with Gasteiger partial charge in [-0.05, 0) is 0 Å². The van der Waals surface area contributed by atoms with Gasteiger partial charge in [-0.1, -0.05) is 0 Å². The number of imidazole rings is 1. The van der Waals surface area contributed by atoms with Crippen LogP contribution in [0.4, 0.5) is 0 Å². The van der Waals surface area contributed by atoms with E-state index in [4.69, 9.17) is 9.47 Å². The topological polar surface area (TPSA) is 76.7 Å². The summed E-state index contributed by atoms with van der Waals surface area (Å²) in [4.78, 5) is 4.05. The van der Waals surface area contributed by atoms with Crippen LogP contribution >= 0.6 is 0 Å². The normalized spacial score (nSPS) is 15.2. The third-order valence-corrected chi connectivity index (χ3v) is 2.06. The molecule has 0 saturated heterocycles. The smallest absolute Gasteiger partial charge is 0.172 e. The van der Waals surface area contributed by atoms with Crippen LogP contribution < -0.4 is 0 Å². The molecule has 2 unspecified atom stereocenters. The average Bonchev–Trinajstić information content (AvgIpc) is 2.65. The van der Waals surface area contributed by atoms with E-state index in [1.54, 1.807) is 17.0 Å². The molecule has 2 N–H and O–H groups in total. The zero-order valence-electron chi connectivity index (χ0n) is 8.83. The number of rotatable bonds is 6. The number of aliphatic hydroxyl groups excluding tert-OH is 2. The number of hydrogen-bond acceptors (Lipinski definition) is 5. The van der Waals surface area contributed by atoms with Crippen LogP contribution in [-0.4, -0.2) is 46.6 Å². The van der Waals surface area contributed by atoms with Gasteiger partial charge in [-0.15, -0.1) is 0 Å². The molecule has 2 atom stereocenters. The Kier molecular flexibility index (Phi) is 4.70. The maximum Gasteiger partial charge on any atom is 0.172 e. The molecule has 0 bridgehead atoms. The van der Waals surface area contributed by atoms with E-state index in [9.17, 15) is 10.2 Å². The third kappa shape index (κ3) is 3.60. The van der Waals surface area contributed by atoms with Crippen molar-refractivity contribution in [2.45, 2.75) is 25.5 Å². The van der Waals surface area contributed by atoms with E-state index in [2.05, 4.69) is 4.98 Å². The van der Waals surface area contributed by atoms with Gasteiger partial charge in [0.25, 0.3) is 0 Å². The summed E-state index contributed by atoms with van der Waals surface area (Å²) in [6, 6.07) is 0. The molecule has 1 rings (SSSR count). The van der Waals surface area contributed by atoms with E-state index in [0.717, 1.165) is 0 Å². The monoisotopic (exact) mass is 216 g/mol. The predicted octanol–water partition coefficient (Wildman–Crippen LogP) is -0.645. The maximum atomic E-state index is 9.28. The van der Waals surface area contributed by atoms with Crippen molar-refractivity contribution in [3.05, 3.63) is 18.2 Å². The van der Waals surface area contributed by atoms with Crippen LogP contribution in [0.3, 0.4) is 0 Å². The summed E-state index contributed by atoms with van der Waals surface area (Å²) in [5, 5.41) is 18.6. The van der Waals surface area contributed by atoms with Gasteiger partial charge < -0.3 is 24.3 Å². The van der Waals surface area contributed by atoms with Gasteiger partial charge in [0.1, 0.15) is 5.82 Å². The van der Waals surface area contributed by atoms with Gasteiger partial charge in [-0.25, -0.2) is 4.98 Å². The highest BCUT2D eigenvalue weighted by Crippen LogP contribution is 2.04. The van der Waals surface area contributed by atoms with E-state index in [0.29, 0.717) is 5.82 Å². The lowest BCUT2D eigenvalue weighted by Gasteiger charge is -2.13. The first-order chi connectivity index (χ1) is 7.17. The summed E-state index contributed by atoms with van der Waals surface area (Å²) in [5.74, 6) is 0.639. The van der Waals surface area contributed by atoms with Gasteiger partial charge >= 0.3 is 0 Å². The number of ether oxygens (including phenoxy) is 2. The van der Waals surface area contributed by atoms with Gasteiger partial charge in [0.05, 0.1) is 13.0 Å². The lowest BCUT2D eigenvalue weighted by Crippen LogP contribution is -2.21. The second-order valence-corrected chi connectivity index (χ2v) is 3.08. The Bertz CT molecular complexity index is 263. The second-order valence-electron chi connectivity index (χ2n) is 3.08. The van der Waals surface area contributed by atoms with E-state index in [1.165, 1.54) is 14.2 Å². The zero-order chi connectivity index (χ0) is 11.3. The summed E-state index contributed by atoms with van der Waals surface area (Å²) >= 11 is 0. The Hall–Kier alpha value is -0.950. The van der Waals surface area contributed by atoms with Crippen molar-refractivity contribution in [3.8, 4) is 0 Å². The molecule has 0 aliphatic rings. The summed E-state index contributed by atoms with van der Waals surface area (Å²) < 4.78 is 11.1. The number of nitrogens with zero attached hydrogens (tertiary/aromatic N) is 2. The number of aromatic nitrogens is 2. The molecule has 0 fully saturated rings. The Morgan fingerprint density at radius 3 is 2.60 bits per heavy atom. The SMILES string of the molecule is COC(O)Cc1nccn1CC(O)OC. The highest BCUT2D eigenvalue weighted by molar-refractivity contribution is 4.93. The highest BCUT2D eigenvalue weighted by Gasteiger charge is 2.11. The fraction of sp³-hybridized carbons (Fsp3) is 0.667. The standard InChI is InChI=1S/C9H16N2O4/c1-14-8(12)5-7-10-3-4-11(7)6-9(13)15-2/h3-4,8-9,12-13H,5-6H2,1-2H3. The Labute approximate surface area is 88.1 Å². The molecule has 1 aromatic rings. The van der Waals surface area contributed by atoms with Crippen molar-refractivity contribution >= 4 is 0 Å². The van der Waals surface area contributed by atoms with Gasteiger partial charge in [0, 0.05) is 26.6 Å². The van der Waals surface area contributed by atoms with Crippen molar-refractivity contribution < 1.29 is 19.7 Å². The molecule has 0 aliphatic heterocycles. The molecule has 0 spiro atoms. The van der Waals surface area contributed by atoms with Crippen molar-refractivity contribution in [2.24, 2.45) is 0 Å². The van der Waals surface area contributed by atoms with Crippen LogP contribution in [0.5, 0.6) is 0 Å². The summed E-state index contributed by atoms with van der Waals surface area (Å²) in [7, 11) is 2.84. The van der Waals surface area contributed by atoms with Crippen LogP contribution in [0.15, 0.2) is 12.4 Å². The van der Waals surface area contributed by atoms with Crippen LogP contribution in [0.1, 0.15) is 5.82 Å². The van der Waals surface area contributed by atoms with Crippen molar-refractivity contribution in [2.75, 3.05) is 14.2 Å². The molecule has 0 aromatic carbocycles. The van der Waals surface area contributed by atoms with Crippen molar-refractivity contribution in [3.63, 3.8) is 0 Å².